The van der Waals surface area contributed by atoms with Gasteiger partial charge in [0.15, 0.2) is 11.6 Å². The van der Waals surface area contributed by atoms with Gasteiger partial charge < -0.3 is 4.90 Å². The normalized spacial score (nSPS) is 13.9. The molecule has 0 aliphatic carbocycles. The molecule has 0 N–H and O–H groups in total. The zero-order valence-corrected chi connectivity index (χ0v) is 17.1. The average molecular weight is 418 g/mol. The molecule has 0 radical (unpaired) electrons. The minimum Gasteiger partial charge on any atom is -0.337 e. The molecule has 0 spiro atoms. The lowest BCUT2D eigenvalue weighted by Crippen LogP contribution is -2.35. The van der Waals surface area contributed by atoms with Gasteiger partial charge in [-0.1, -0.05) is 48.0 Å². The molecule has 4 rings (SSSR count). The van der Waals surface area contributed by atoms with E-state index in [-0.39, 0.29) is 17.0 Å². The topological polar surface area (TPSA) is 40.6 Å². The highest BCUT2D eigenvalue weighted by Crippen LogP contribution is 2.37. The van der Waals surface area contributed by atoms with Crippen LogP contribution in [0.25, 0.3) is 5.57 Å². The summed E-state index contributed by atoms with van der Waals surface area (Å²) in [6, 6.07) is 19.5. The Morgan fingerprint density at radius 3 is 2.13 bits per heavy atom. The van der Waals surface area contributed by atoms with E-state index in [2.05, 4.69) is 0 Å². The predicted octanol–water partition coefficient (Wildman–Crippen LogP) is 5.08. The maximum absolute atomic E-state index is 13.9. The Kier molecular flexibility index (Phi) is 5.38. The molecular formula is C25H20F2N2O2. The molecule has 31 heavy (non-hydrogen) atoms. The lowest BCUT2D eigenvalue weighted by molar-refractivity contribution is -0.120. The fraction of sp³-hybridized carbons (Fsp3) is 0.120. The van der Waals surface area contributed by atoms with Crippen LogP contribution in [-0.4, -0.2) is 18.4 Å². The van der Waals surface area contributed by atoms with Crippen LogP contribution >= 0.6 is 0 Å². The summed E-state index contributed by atoms with van der Waals surface area (Å²) in [5, 5.41) is 0. The van der Waals surface area contributed by atoms with Gasteiger partial charge in [-0.05, 0) is 43.7 Å². The maximum Gasteiger partial charge on any atom is 0.282 e. The first kappa shape index (κ1) is 20.5. The fourth-order valence-electron chi connectivity index (χ4n) is 3.69. The summed E-state index contributed by atoms with van der Waals surface area (Å²) in [4.78, 5) is 29.7. The molecule has 6 heteroatoms. The van der Waals surface area contributed by atoms with Gasteiger partial charge in [-0.15, -0.1) is 0 Å². The number of carbonyl (C=O) groups is 2. The Hall–Kier alpha value is -3.80. The third-order valence-electron chi connectivity index (χ3n) is 5.22. The van der Waals surface area contributed by atoms with Crippen molar-refractivity contribution >= 4 is 28.8 Å². The molecule has 3 aromatic rings. The molecule has 0 unspecified atom stereocenters. The van der Waals surface area contributed by atoms with Crippen LogP contribution in [0.4, 0.5) is 20.2 Å². The number of amides is 2. The second kappa shape index (κ2) is 8.14. The number of aryl methyl sites for hydroxylation is 1. The minimum atomic E-state index is -1.13. The van der Waals surface area contributed by atoms with E-state index in [9.17, 15) is 18.4 Å². The maximum atomic E-state index is 13.9. The zero-order chi connectivity index (χ0) is 22.1. The number of nitrogens with zero attached hydrogens (tertiary/aromatic N) is 2. The molecular weight excluding hydrogens is 398 g/mol. The van der Waals surface area contributed by atoms with Crippen LogP contribution in [0, 0.1) is 18.6 Å². The number of para-hydroxylation sites is 1. The highest BCUT2D eigenvalue weighted by molar-refractivity contribution is 6.46. The smallest absolute Gasteiger partial charge is 0.282 e. The van der Waals surface area contributed by atoms with Crippen molar-refractivity contribution in [3.8, 4) is 0 Å². The van der Waals surface area contributed by atoms with Gasteiger partial charge in [-0.25, -0.2) is 13.7 Å². The largest absolute Gasteiger partial charge is 0.337 e. The van der Waals surface area contributed by atoms with Crippen LogP contribution in [0.3, 0.4) is 0 Å². The number of carbonyl (C=O) groups excluding carboxylic acids is 2. The summed E-state index contributed by atoms with van der Waals surface area (Å²) in [7, 11) is 0. The highest BCUT2D eigenvalue weighted by Gasteiger charge is 2.42. The number of hydrogen-bond donors (Lipinski definition) is 0. The fourth-order valence-corrected chi connectivity index (χ4v) is 3.69. The van der Waals surface area contributed by atoms with Gasteiger partial charge in [0.1, 0.15) is 5.70 Å². The highest BCUT2D eigenvalue weighted by atomic mass is 19.2. The van der Waals surface area contributed by atoms with E-state index in [0.29, 0.717) is 12.1 Å². The second-order valence-corrected chi connectivity index (χ2v) is 7.21. The van der Waals surface area contributed by atoms with Crippen molar-refractivity contribution in [1.29, 1.82) is 0 Å². The predicted molar refractivity (Wildman–Crippen MR) is 116 cm³/mol. The van der Waals surface area contributed by atoms with Crippen LogP contribution in [0.15, 0.2) is 78.5 Å². The number of anilines is 2. The Labute approximate surface area is 179 Å². The van der Waals surface area contributed by atoms with Crippen LogP contribution < -0.4 is 9.80 Å². The molecule has 0 saturated carbocycles. The number of likely N-dealkylation sites (N-methyl/N-ethyl adjacent to an activating group) is 1. The van der Waals surface area contributed by atoms with Crippen LogP contribution in [-0.2, 0) is 9.59 Å². The molecule has 0 bridgehead atoms. The van der Waals surface area contributed by atoms with E-state index in [1.807, 2.05) is 56.3 Å². The number of benzene rings is 3. The Balaban J connectivity index is 1.91. The first-order valence-electron chi connectivity index (χ1n) is 9.90. The molecule has 1 heterocycles. The monoisotopic (exact) mass is 418 g/mol. The van der Waals surface area contributed by atoms with Gasteiger partial charge in [0, 0.05) is 18.3 Å². The minimum absolute atomic E-state index is 0.0161. The van der Waals surface area contributed by atoms with E-state index in [0.717, 1.165) is 28.3 Å². The third-order valence-corrected chi connectivity index (χ3v) is 5.22. The van der Waals surface area contributed by atoms with E-state index in [1.165, 1.54) is 6.07 Å². The molecule has 4 nitrogen and oxygen atoms in total. The number of hydrogen-bond acceptors (Lipinski definition) is 3. The van der Waals surface area contributed by atoms with Crippen molar-refractivity contribution in [2.45, 2.75) is 13.8 Å². The quantitative estimate of drug-likeness (QED) is 0.543. The lowest BCUT2D eigenvalue weighted by Gasteiger charge is -2.25. The Bertz CT molecular complexity index is 1190. The van der Waals surface area contributed by atoms with E-state index >= 15 is 0 Å². The molecule has 3 aromatic carbocycles. The summed E-state index contributed by atoms with van der Waals surface area (Å²) in [6.45, 7) is 4.24. The summed E-state index contributed by atoms with van der Waals surface area (Å²) in [5.74, 6) is -3.34. The average Bonchev–Trinajstić information content (AvgIpc) is 3.02. The van der Waals surface area contributed by atoms with Crippen LogP contribution in [0.2, 0.25) is 0 Å². The van der Waals surface area contributed by atoms with E-state index < -0.39 is 23.4 Å². The molecule has 0 atom stereocenters. The molecule has 0 aromatic heterocycles. The molecule has 0 saturated heterocycles. The van der Waals surface area contributed by atoms with Gasteiger partial charge in [-0.3, -0.25) is 9.59 Å². The summed E-state index contributed by atoms with van der Waals surface area (Å²) in [6.07, 6.45) is 0. The first-order valence-corrected chi connectivity index (χ1v) is 9.90. The summed E-state index contributed by atoms with van der Waals surface area (Å²) >= 11 is 0. The summed E-state index contributed by atoms with van der Waals surface area (Å²) in [5.41, 5.74) is 2.75. The number of halogens is 2. The van der Waals surface area contributed by atoms with Gasteiger partial charge in [0.2, 0.25) is 0 Å². The van der Waals surface area contributed by atoms with Gasteiger partial charge in [0.05, 0.1) is 11.3 Å². The van der Waals surface area contributed by atoms with E-state index in [4.69, 9.17) is 0 Å². The van der Waals surface area contributed by atoms with Gasteiger partial charge in [-0.2, -0.15) is 0 Å². The number of rotatable bonds is 5. The zero-order valence-electron chi connectivity index (χ0n) is 17.1. The van der Waals surface area contributed by atoms with Crippen molar-refractivity contribution in [3.05, 3.63) is 101 Å². The third kappa shape index (κ3) is 3.61. The molecule has 1 aliphatic rings. The SMILES string of the molecule is CCN(C1=C(c2ccc(C)cc2)C(=O)N(c2ccc(F)c(F)c2)C1=O)c1ccccc1. The number of imide groups is 1. The van der Waals surface area contributed by atoms with Crippen molar-refractivity contribution in [3.63, 3.8) is 0 Å². The molecule has 0 fully saturated rings. The summed E-state index contributed by atoms with van der Waals surface area (Å²) < 4.78 is 27.3. The molecule has 2 amide bonds. The van der Waals surface area contributed by atoms with Gasteiger partial charge in [0.25, 0.3) is 11.8 Å². The van der Waals surface area contributed by atoms with Crippen LogP contribution in [0.1, 0.15) is 18.1 Å². The van der Waals surface area contributed by atoms with Crippen molar-refractivity contribution in [1.82, 2.24) is 0 Å². The van der Waals surface area contributed by atoms with Crippen molar-refractivity contribution < 1.29 is 18.4 Å². The van der Waals surface area contributed by atoms with Gasteiger partial charge >= 0.3 is 0 Å². The standard InChI is InChI=1S/C25H20F2N2O2/c1-3-28(18-7-5-4-6-8-18)23-22(17-11-9-16(2)10-12-17)24(30)29(25(23)31)19-13-14-20(26)21(27)15-19/h4-15H,3H2,1-2H3. The first-order chi connectivity index (χ1) is 14.9. The Morgan fingerprint density at radius 1 is 0.839 bits per heavy atom. The van der Waals surface area contributed by atoms with Crippen molar-refractivity contribution in [2.24, 2.45) is 0 Å². The molecule has 1 aliphatic heterocycles. The Morgan fingerprint density at radius 2 is 1.52 bits per heavy atom. The van der Waals surface area contributed by atoms with E-state index in [1.54, 1.807) is 17.0 Å². The second-order valence-electron chi connectivity index (χ2n) is 7.21. The molecule has 156 valence electrons. The van der Waals surface area contributed by atoms with Crippen molar-refractivity contribution in [2.75, 3.05) is 16.3 Å². The van der Waals surface area contributed by atoms with Crippen LogP contribution in [0.5, 0.6) is 0 Å². The lowest BCUT2D eigenvalue weighted by atomic mass is 10.0.